The molecule has 1 amide bonds. The number of rotatable bonds is 8. The van der Waals surface area contributed by atoms with Crippen LogP contribution in [0.1, 0.15) is 54.0 Å². The van der Waals surface area contributed by atoms with Gasteiger partial charge in [0, 0.05) is 17.0 Å². The summed E-state index contributed by atoms with van der Waals surface area (Å²) in [7, 11) is 1.67. The number of benzene rings is 2. The number of nitrogens with two attached hydrogens (primary N) is 1. The number of primary amides is 1. The zero-order valence-corrected chi connectivity index (χ0v) is 19.3. The number of carbonyl (C=O) groups excluding carboxylic acids is 1. The van der Waals surface area contributed by atoms with Gasteiger partial charge in [-0.3, -0.25) is 14.3 Å². The first-order valence-corrected chi connectivity index (χ1v) is 11.9. The zero-order valence-electron chi connectivity index (χ0n) is 18.5. The minimum atomic E-state index is -0.417. The fourth-order valence-corrected chi connectivity index (χ4v) is 4.92. The number of likely N-dealkylation sites (tertiary alicyclic amines) is 1. The second-order valence-electron chi connectivity index (χ2n) is 8.00. The van der Waals surface area contributed by atoms with E-state index in [4.69, 9.17) is 10.5 Å². The van der Waals surface area contributed by atoms with Gasteiger partial charge in [0.1, 0.15) is 5.75 Å². The Morgan fingerprint density at radius 3 is 2.38 bits per heavy atom. The first kappa shape index (κ1) is 22.4. The van der Waals surface area contributed by atoms with Crippen molar-refractivity contribution < 1.29 is 9.53 Å². The quantitative estimate of drug-likeness (QED) is 0.516. The molecule has 0 radical (unpaired) electrons. The van der Waals surface area contributed by atoms with Gasteiger partial charge in [-0.1, -0.05) is 30.3 Å². The number of ether oxygens (including phenoxy) is 1. The van der Waals surface area contributed by atoms with E-state index in [0.717, 1.165) is 41.1 Å². The van der Waals surface area contributed by atoms with Crippen LogP contribution in [0.5, 0.6) is 5.75 Å². The minimum absolute atomic E-state index is 0.175. The lowest BCUT2D eigenvalue weighted by molar-refractivity contribution is 0.100. The molecule has 3 aromatic rings. The van der Waals surface area contributed by atoms with E-state index in [9.17, 15) is 4.79 Å². The number of hydrogen-bond acceptors (Lipinski definition) is 6. The molecule has 32 heavy (non-hydrogen) atoms. The van der Waals surface area contributed by atoms with Crippen molar-refractivity contribution in [2.24, 2.45) is 5.73 Å². The van der Waals surface area contributed by atoms with Crippen LogP contribution in [-0.4, -0.2) is 45.8 Å². The Balaban J connectivity index is 1.61. The molecule has 1 saturated heterocycles. The largest absolute Gasteiger partial charge is 0.497 e. The summed E-state index contributed by atoms with van der Waals surface area (Å²) < 4.78 is 7.49. The maximum absolute atomic E-state index is 11.3. The van der Waals surface area contributed by atoms with Crippen molar-refractivity contribution in [2.45, 2.75) is 43.1 Å². The first-order valence-electron chi connectivity index (χ1n) is 10.9. The summed E-state index contributed by atoms with van der Waals surface area (Å²) in [6.45, 7) is 4.39. The molecular formula is C24H29N5O2S. The fourth-order valence-electron chi connectivity index (χ4n) is 4.00. The van der Waals surface area contributed by atoms with Crippen molar-refractivity contribution in [3.63, 3.8) is 0 Å². The molecule has 0 bridgehead atoms. The van der Waals surface area contributed by atoms with E-state index in [2.05, 4.69) is 26.6 Å². The maximum atomic E-state index is 11.3. The molecule has 168 valence electrons. The smallest absolute Gasteiger partial charge is 0.248 e. The van der Waals surface area contributed by atoms with Crippen molar-refractivity contribution in [1.29, 1.82) is 0 Å². The normalized spacial score (nSPS) is 15.4. The molecule has 1 fully saturated rings. The van der Waals surface area contributed by atoms with Crippen LogP contribution >= 0.6 is 11.8 Å². The van der Waals surface area contributed by atoms with Gasteiger partial charge in [-0.25, -0.2) is 0 Å². The Morgan fingerprint density at radius 1 is 1.06 bits per heavy atom. The molecule has 1 aliphatic rings. The predicted molar refractivity (Wildman–Crippen MR) is 126 cm³/mol. The predicted octanol–water partition coefficient (Wildman–Crippen LogP) is 4.21. The molecule has 0 spiro atoms. The van der Waals surface area contributed by atoms with E-state index in [-0.39, 0.29) is 6.04 Å². The van der Waals surface area contributed by atoms with Crippen LogP contribution in [0.2, 0.25) is 0 Å². The molecular weight excluding hydrogens is 422 g/mol. The Bertz CT molecular complexity index is 1040. The van der Waals surface area contributed by atoms with Crippen LogP contribution in [0.15, 0.2) is 53.7 Å². The van der Waals surface area contributed by atoms with Crippen LogP contribution in [0, 0.1) is 0 Å². The van der Waals surface area contributed by atoms with Gasteiger partial charge in [-0.2, -0.15) is 0 Å². The third kappa shape index (κ3) is 4.97. The van der Waals surface area contributed by atoms with E-state index in [1.807, 2.05) is 36.4 Å². The molecule has 2 heterocycles. The average molecular weight is 452 g/mol. The standard InChI is InChI=1S/C24H29N5O2S/c1-17(28-14-4-3-5-15-28)23-26-27-24(29(23)20-10-12-21(31-2)13-11-20)32-16-18-6-8-19(9-7-18)22(25)30/h6-13,17H,3-5,14-16H2,1-2H3,(H2,25,30)/t17-/m1/s1. The number of aromatic nitrogens is 3. The second-order valence-corrected chi connectivity index (χ2v) is 8.94. The van der Waals surface area contributed by atoms with E-state index < -0.39 is 5.91 Å². The van der Waals surface area contributed by atoms with E-state index >= 15 is 0 Å². The molecule has 1 aromatic heterocycles. The number of thioether (sulfide) groups is 1. The number of nitrogens with zero attached hydrogens (tertiary/aromatic N) is 4. The first-order chi connectivity index (χ1) is 15.6. The third-order valence-electron chi connectivity index (χ3n) is 5.91. The van der Waals surface area contributed by atoms with Crippen molar-refractivity contribution >= 4 is 17.7 Å². The SMILES string of the molecule is COc1ccc(-n2c(SCc3ccc(C(N)=O)cc3)nnc2[C@@H](C)N2CCCCC2)cc1. The summed E-state index contributed by atoms with van der Waals surface area (Å²) in [6.07, 6.45) is 3.75. The van der Waals surface area contributed by atoms with E-state index in [1.165, 1.54) is 19.3 Å². The average Bonchev–Trinajstić information content (AvgIpc) is 3.27. The zero-order chi connectivity index (χ0) is 22.5. The van der Waals surface area contributed by atoms with Gasteiger partial charge in [0.05, 0.1) is 13.2 Å². The number of piperidine rings is 1. The van der Waals surface area contributed by atoms with Crippen molar-refractivity contribution in [2.75, 3.05) is 20.2 Å². The molecule has 1 atom stereocenters. The van der Waals surface area contributed by atoms with Gasteiger partial charge < -0.3 is 10.5 Å². The number of carbonyl (C=O) groups is 1. The summed E-state index contributed by atoms with van der Waals surface area (Å²) in [6, 6.07) is 15.6. The summed E-state index contributed by atoms with van der Waals surface area (Å²) in [4.78, 5) is 13.8. The fraction of sp³-hybridized carbons (Fsp3) is 0.375. The molecule has 0 unspecified atom stereocenters. The van der Waals surface area contributed by atoms with Gasteiger partial charge >= 0.3 is 0 Å². The van der Waals surface area contributed by atoms with Gasteiger partial charge in [0.25, 0.3) is 0 Å². The summed E-state index contributed by atoms with van der Waals surface area (Å²) in [5, 5.41) is 10.0. The molecule has 2 aromatic carbocycles. The van der Waals surface area contributed by atoms with Gasteiger partial charge in [0.15, 0.2) is 11.0 Å². The number of amides is 1. The molecule has 4 rings (SSSR count). The Hall–Kier alpha value is -2.84. The Kier molecular flexibility index (Phi) is 7.12. The van der Waals surface area contributed by atoms with Gasteiger partial charge in [-0.15, -0.1) is 10.2 Å². The van der Waals surface area contributed by atoms with Crippen LogP contribution in [-0.2, 0) is 5.75 Å². The summed E-state index contributed by atoms with van der Waals surface area (Å²) in [5.41, 5.74) is 7.97. The van der Waals surface area contributed by atoms with Crippen molar-refractivity contribution in [3.05, 3.63) is 65.5 Å². The lowest BCUT2D eigenvalue weighted by atomic mass is 10.1. The van der Waals surface area contributed by atoms with Crippen molar-refractivity contribution in [3.8, 4) is 11.4 Å². The van der Waals surface area contributed by atoms with Crippen LogP contribution in [0.25, 0.3) is 5.69 Å². The topological polar surface area (TPSA) is 86.3 Å². The van der Waals surface area contributed by atoms with Gasteiger partial charge in [-0.05, 0) is 74.8 Å². The maximum Gasteiger partial charge on any atom is 0.248 e. The highest BCUT2D eigenvalue weighted by atomic mass is 32.2. The lowest BCUT2D eigenvalue weighted by Gasteiger charge is -2.31. The van der Waals surface area contributed by atoms with Gasteiger partial charge in [0.2, 0.25) is 5.91 Å². The highest BCUT2D eigenvalue weighted by Gasteiger charge is 2.25. The lowest BCUT2D eigenvalue weighted by Crippen LogP contribution is -2.33. The molecule has 7 nitrogen and oxygen atoms in total. The highest BCUT2D eigenvalue weighted by molar-refractivity contribution is 7.98. The van der Waals surface area contributed by atoms with Crippen LogP contribution in [0.3, 0.4) is 0 Å². The summed E-state index contributed by atoms with van der Waals surface area (Å²) >= 11 is 1.63. The highest BCUT2D eigenvalue weighted by Crippen LogP contribution is 2.31. The Labute approximate surface area is 193 Å². The van der Waals surface area contributed by atoms with Crippen LogP contribution < -0.4 is 10.5 Å². The van der Waals surface area contributed by atoms with E-state index in [0.29, 0.717) is 11.3 Å². The molecule has 8 heteroatoms. The van der Waals surface area contributed by atoms with Crippen molar-refractivity contribution in [1.82, 2.24) is 19.7 Å². The number of methoxy groups -OCH3 is 1. The molecule has 2 N–H and O–H groups in total. The summed E-state index contributed by atoms with van der Waals surface area (Å²) in [5.74, 6) is 2.06. The minimum Gasteiger partial charge on any atom is -0.497 e. The molecule has 0 aliphatic carbocycles. The monoisotopic (exact) mass is 451 g/mol. The second kappa shape index (κ2) is 10.2. The third-order valence-corrected chi connectivity index (χ3v) is 6.91. The molecule has 0 saturated carbocycles. The van der Waals surface area contributed by atoms with Crippen LogP contribution in [0.4, 0.5) is 0 Å². The molecule has 1 aliphatic heterocycles. The van der Waals surface area contributed by atoms with E-state index in [1.54, 1.807) is 31.0 Å². The Morgan fingerprint density at radius 2 is 1.75 bits per heavy atom. The number of hydrogen-bond donors (Lipinski definition) is 1.